The number of hydrogen-bond acceptors (Lipinski definition) is 5. The molecule has 30 heavy (non-hydrogen) atoms. The molecule has 5 nitrogen and oxygen atoms in total. The van der Waals surface area contributed by atoms with Crippen molar-refractivity contribution in [1.82, 2.24) is 4.98 Å². The van der Waals surface area contributed by atoms with Gasteiger partial charge in [0.25, 0.3) is 0 Å². The third kappa shape index (κ3) is 3.64. The summed E-state index contributed by atoms with van der Waals surface area (Å²) in [6, 6.07) is 20.9. The summed E-state index contributed by atoms with van der Waals surface area (Å²) in [7, 11) is 0. The maximum atomic E-state index is 5.91. The summed E-state index contributed by atoms with van der Waals surface area (Å²) in [4.78, 5) is 7.25. The number of benzene rings is 2. The van der Waals surface area contributed by atoms with E-state index in [9.17, 15) is 0 Å². The van der Waals surface area contributed by atoms with E-state index in [1.165, 1.54) is 5.69 Å². The number of aromatic nitrogens is 1. The van der Waals surface area contributed by atoms with Gasteiger partial charge in [-0.2, -0.15) is 0 Å². The van der Waals surface area contributed by atoms with Crippen molar-refractivity contribution in [2.75, 3.05) is 36.5 Å². The third-order valence-electron chi connectivity index (χ3n) is 5.57. The van der Waals surface area contributed by atoms with Crippen molar-refractivity contribution in [3.05, 3.63) is 72.5 Å². The molecule has 2 aromatic carbocycles. The van der Waals surface area contributed by atoms with Crippen molar-refractivity contribution in [2.24, 2.45) is 0 Å². The molecule has 5 heteroatoms. The van der Waals surface area contributed by atoms with Crippen molar-refractivity contribution in [2.45, 2.75) is 13.3 Å². The van der Waals surface area contributed by atoms with Crippen LogP contribution in [0.25, 0.3) is 22.4 Å². The first-order chi connectivity index (χ1) is 14.8. The number of furan rings is 1. The lowest BCUT2D eigenvalue weighted by atomic mass is 10.1. The monoisotopic (exact) mass is 399 g/mol. The lowest BCUT2D eigenvalue weighted by Crippen LogP contribution is -2.36. The van der Waals surface area contributed by atoms with Gasteiger partial charge in [-0.3, -0.25) is 0 Å². The first-order valence-corrected chi connectivity index (χ1v) is 10.5. The second-order valence-corrected chi connectivity index (χ2v) is 7.48. The van der Waals surface area contributed by atoms with Gasteiger partial charge in [-0.1, -0.05) is 37.3 Å². The number of nitrogens with one attached hydrogen (secondary N) is 1. The molecule has 0 saturated carbocycles. The van der Waals surface area contributed by atoms with Gasteiger partial charge in [0.15, 0.2) is 5.58 Å². The summed E-state index contributed by atoms with van der Waals surface area (Å²) in [5.41, 5.74) is 8.04. The predicted molar refractivity (Wildman–Crippen MR) is 122 cm³/mol. The number of fused-ring (bicyclic) bond motifs is 1. The molecule has 1 aliphatic heterocycles. The Bertz CT molecular complexity index is 1130. The minimum Gasteiger partial charge on any atom is -0.460 e. The molecule has 0 spiro atoms. The number of ether oxygens (including phenoxy) is 1. The van der Waals surface area contributed by atoms with Crippen LogP contribution in [0.2, 0.25) is 0 Å². The first-order valence-electron chi connectivity index (χ1n) is 10.5. The van der Waals surface area contributed by atoms with Gasteiger partial charge in [0, 0.05) is 35.6 Å². The maximum absolute atomic E-state index is 5.91. The van der Waals surface area contributed by atoms with E-state index in [1.807, 2.05) is 24.5 Å². The topological polar surface area (TPSA) is 50.5 Å². The van der Waals surface area contributed by atoms with Crippen LogP contribution in [0, 0.1) is 0 Å². The van der Waals surface area contributed by atoms with Crippen LogP contribution in [0.15, 0.2) is 71.3 Å². The van der Waals surface area contributed by atoms with E-state index in [4.69, 9.17) is 14.1 Å². The fourth-order valence-electron chi connectivity index (χ4n) is 3.89. The fourth-order valence-corrected chi connectivity index (χ4v) is 3.89. The first kappa shape index (κ1) is 18.7. The predicted octanol–water partition coefficient (Wildman–Crippen LogP) is 5.64. The molecule has 1 aliphatic rings. The molecule has 0 unspecified atom stereocenters. The molecule has 152 valence electrons. The van der Waals surface area contributed by atoms with Crippen LogP contribution in [-0.4, -0.2) is 31.3 Å². The zero-order valence-corrected chi connectivity index (χ0v) is 17.1. The van der Waals surface area contributed by atoms with Gasteiger partial charge in [0.1, 0.15) is 5.52 Å². The minimum absolute atomic E-state index is 0.787. The maximum Gasteiger partial charge on any atom is 0.176 e. The van der Waals surface area contributed by atoms with Crippen LogP contribution in [0.4, 0.5) is 17.1 Å². The highest BCUT2D eigenvalue weighted by Gasteiger charge is 2.15. The van der Waals surface area contributed by atoms with E-state index >= 15 is 0 Å². The minimum atomic E-state index is 0.787. The smallest absolute Gasteiger partial charge is 0.176 e. The highest BCUT2D eigenvalue weighted by Crippen LogP contribution is 2.33. The lowest BCUT2D eigenvalue weighted by Gasteiger charge is -2.28. The molecule has 1 saturated heterocycles. The molecular formula is C25H25N3O2. The van der Waals surface area contributed by atoms with Crippen LogP contribution < -0.4 is 10.2 Å². The molecule has 4 aromatic rings. The Labute approximate surface area is 176 Å². The Hall–Kier alpha value is -3.31. The van der Waals surface area contributed by atoms with Crippen molar-refractivity contribution in [1.29, 1.82) is 0 Å². The Morgan fingerprint density at radius 1 is 1.00 bits per heavy atom. The molecule has 0 amide bonds. The SMILES string of the molecule is CCc1coc2c(Nc3ccc(N4CCOCC4)cc3)cc(-c3ccccc3)nc12. The largest absolute Gasteiger partial charge is 0.460 e. The Morgan fingerprint density at radius 3 is 2.50 bits per heavy atom. The second kappa shape index (κ2) is 8.20. The molecule has 0 bridgehead atoms. The number of pyridine rings is 1. The number of aryl methyl sites for hydroxylation is 1. The zero-order valence-electron chi connectivity index (χ0n) is 17.1. The number of morpholine rings is 1. The van der Waals surface area contributed by atoms with E-state index in [0.29, 0.717) is 0 Å². The van der Waals surface area contributed by atoms with Crippen molar-refractivity contribution >= 4 is 28.2 Å². The van der Waals surface area contributed by atoms with Crippen LogP contribution in [0.5, 0.6) is 0 Å². The summed E-state index contributed by atoms with van der Waals surface area (Å²) < 4.78 is 11.4. The number of anilines is 3. The van der Waals surface area contributed by atoms with Crippen molar-refractivity contribution in [3.8, 4) is 11.3 Å². The molecule has 1 N–H and O–H groups in total. The molecule has 0 aliphatic carbocycles. The molecule has 1 fully saturated rings. The molecular weight excluding hydrogens is 374 g/mol. The summed E-state index contributed by atoms with van der Waals surface area (Å²) in [6.45, 7) is 5.57. The zero-order chi connectivity index (χ0) is 20.3. The normalized spacial score (nSPS) is 14.2. The number of hydrogen-bond donors (Lipinski definition) is 1. The second-order valence-electron chi connectivity index (χ2n) is 7.48. The lowest BCUT2D eigenvalue weighted by molar-refractivity contribution is 0.122. The summed E-state index contributed by atoms with van der Waals surface area (Å²) in [5.74, 6) is 0. The third-order valence-corrected chi connectivity index (χ3v) is 5.57. The standard InChI is InChI=1S/C25H25N3O2/c1-2-18-17-30-25-23(16-22(27-24(18)25)19-6-4-3-5-7-19)26-20-8-10-21(11-9-20)28-12-14-29-15-13-28/h3-11,16-17H,2,12-15H2,1H3,(H,26,27). The average Bonchev–Trinajstić information content (AvgIpc) is 3.24. The van der Waals surface area contributed by atoms with E-state index in [-0.39, 0.29) is 0 Å². The molecule has 2 aromatic heterocycles. The van der Waals surface area contributed by atoms with Crippen LogP contribution in [0.1, 0.15) is 12.5 Å². The molecule has 3 heterocycles. The van der Waals surface area contributed by atoms with Gasteiger partial charge in [-0.15, -0.1) is 0 Å². The van der Waals surface area contributed by atoms with Crippen LogP contribution in [-0.2, 0) is 11.2 Å². The van der Waals surface area contributed by atoms with Gasteiger partial charge < -0.3 is 19.4 Å². The summed E-state index contributed by atoms with van der Waals surface area (Å²) in [5, 5.41) is 3.55. The van der Waals surface area contributed by atoms with Gasteiger partial charge in [-0.25, -0.2) is 4.98 Å². The fraction of sp³-hybridized carbons (Fsp3) is 0.240. The van der Waals surface area contributed by atoms with E-state index < -0.39 is 0 Å². The molecule has 0 radical (unpaired) electrons. The molecule has 0 atom stereocenters. The van der Waals surface area contributed by atoms with Gasteiger partial charge in [0.2, 0.25) is 0 Å². The van der Waals surface area contributed by atoms with Gasteiger partial charge in [-0.05, 0) is 36.8 Å². The highest BCUT2D eigenvalue weighted by atomic mass is 16.5. The van der Waals surface area contributed by atoms with E-state index in [0.717, 1.165) is 72.0 Å². The van der Waals surface area contributed by atoms with Crippen molar-refractivity contribution < 1.29 is 9.15 Å². The van der Waals surface area contributed by atoms with Gasteiger partial charge in [0.05, 0.1) is 30.9 Å². The Balaban J connectivity index is 1.49. The quantitative estimate of drug-likeness (QED) is 0.471. The molecule has 5 rings (SSSR count). The van der Waals surface area contributed by atoms with Crippen LogP contribution in [0.3, 0.4) is 0 Å². The van der Waals surface area contributed by atoms with Crippen LogP contribution >= 0.6 is 0 Å². The Kier molecular flexibility index (Phi) is 5.11. The Morgan fingerprint density at radius 2 is 1.77 bits per heavy atom. The van der Waals surface area contributed by atoms with E-state index in [2.05, 4.69) is 59.6 Å². The highest BCUT2D eigenvalue weighted by molar-refractivity contribution is 5.93. The van der Waals surface area contributed by atoms with Crippen molar-refractivity contribution in [3.63, 3.8) is 0 Å². The number of rotatable bonds is 5. The number of nitrogens with zero attached hydrogens (tertiary/aromatic N) is 2. The summed E-state index contributed by atoms with van der Waals surface area (Å²) >= 11 is 0. The van der Waals surface area contributed by atoms with Gasteiger partial charge >= 0.3 is 0 Å². The average molecular weight is 399 g/mol. The summed E-state index contributed by atoms with van der Waals surface area (Å²) in [6.07, 6.45) is 2.70. The van der Waals surface area contributed by atoms with E-state index in [1.54, 1.807) is 0 Å².